The number of benzene rings is 2. The van der Waals surface area contributed by atoms with E-state index in [0.29, 0.717) is 6.54 Å². The van der Waals surface area contributed by atoms with E-state index in [9.17, 15) is 19.5 Å². The van der Waals surface area contributed by atoms with Crippen molar-refractivity contribution in [1.29, 1.82) is 0 Å². The fourth-order valence-electron chi connectivity index (χ4n) is 4.25. The summed E-state index contributed by atoms with van der Waals surface area (Å²) in [5.74, 6) is -0.561. The molecule has 0 aliphatic carbocycles. The van der Waals surface area contributed by atoms with Crippen LogP contribution in [0.1, 0.15) is 75.8 Å². The normalized spacial score (nSPS) is 12.8. The number of phenols is 1. The third-order valence-electron chi connectivity index (χ3n) is 6.10. The Labute approximate surface area is 226 Å². The zero-order valence-corrected chi connectivity index (χ0v) is 23.8. The molecule has 2 atom stereocenters. The maximum absolute atomic E-state index is 14.1. The first-order chi connectivity index (χ1) is 17.9. The molecular weight excluding hydrogens is 482 g/mol. The molecule has 3 amide bonds. The van der Waals surface area contributed by atoms with Gasteiger partial charge >= 0.3 is 6.09 Å². The average molecular weight is 526 g/mol. The highest BCUT2D eigenvalue weighted by molar-refractivity contribution is 5.92. The Bertz CT molecular complexity index is 1090. The number of rotatable bonds is 11. The third kappa shape index (κ3) is 9.08. The zero-order chi connectivity index (χ0) is 28.5. The van der Waals surface area contributed by atoms with Crippen molar-refractivity contribution in [1.82, 2.24) is 15.5 Å². The van der Waals surface area contributed by atoms with Crippen LogP contribution in [0.5, 0.6) is 5.75 Å². The number of hydrogen-bond donors (Lipinski definition) is 3. The summed E-state index contributed by atoms with van der Waals surface area (Å²) in [6.07, 6.45) is 1.20. The number of carbonyl (C=O) groups excluding carboxylic acids is 3. The van der Waals surface area contributed by atoms with E-state index in [1.807, 2.05) is 45.9 Å². The molecule has 0 aliphatic rings. The van der Waals surface area contributed by atoms with Crippen LogP contribution in [0, 0.1) is 13.8 Å². The monoisotopic (exact) mass is 525 g/mol. The molecule has 0 fully saturated rings. The van der Waals surface area contributed by atoms with Gasteiger partial charge in [0.1, 0.15) is 23.4 Å². The van der Waals surface area contributed by atoms with Crippen molar-refractivity contribution in [2.45, 2.75) is 85.4 Å². The minimum Gasteiger partial charge on any atom is -0.508 e. The quantitative estimate of drug-likeness (QED) is 0.360. The molecule has 2 unspecified atom stereocenters. The molecule has 2 aromatic rings. The number of nitrogens with one attached hydrogen (secondary N) is 2. The number of hydrogen-bond acceptors (Lipinski definition) is 5. The molecule has 8 nitrogen and oxygen atoms in total. The van der Waals surface area contributed by atoms with Crippen molar-refractivity contribution in [3.8, 4) is 5.75 Å². The van der Waals surface area contributed by atoms with E-state index in [4.69, 9.17) is 4.74 Å². The number of likely N-dealkylation sites (N-methyl/N-ethyl adjacent to an activating group) is 1. The molecular formula is C30H43N3O5. The smallest absolute Gasteiger partial charge is 0.408 e. The lowest BCUT2D eigenvalue weighted by molar-refractivity contribution is -0.142. The molecule has 0 saturated heterocycles. The van der Waals surface area contributed by atoms with Crippen molar-refractivity contribution >= 4 is 17.9 Å². The van der Waals surface area contributed by atoms with Crippen LogP contribution in [0.4, 0.5) is 4.79 Å². The SMILES string of the molecule is CCCCNC(=O)C(c1ccc(C)cc1C)N(CC)C(=O)C(Cc1ccc(O)cc1)NC(=O)OC(C)(C)C. The van der Waals surface area contributed by atoms with E-state index < -0.39 is 29.7 Å². The van der Waals surface area contributed by atoms with E-state index >= 15 is 0 Å². The molecule has 0 aliphatic heterocycles. The van der Waals surface area contributed by atoms with Crippen LogP contribution in [0.25, 0.3) is 0 Å². The van der Waals surface area contributed by atoms with E-state index in [2.05, 4.69) is 10.6 Å². The van der Waals surface area contributed by atoms with E-state index in [1.54, 1.807) is 32.9 Å². The van der Waals surface area contributed by atoms with Crippen LogP contribution in [0.15, 0.2) is 42.5 Å². The standard InChI is InChI=1S/C30H43N3O5/c1-8-10-17-31-27(35)26(24-16-11-20(3)18-21(24)4)33(9-2)28(36)25(32-29(37)38-30(5,6)7)19-22-12-14-23(34)15-13-22/h11-16,18,25-26,34H,8-10,17,19H2,1-7H3,(H,31,35)(H,32,37). The van der Waals surface area contributed by atoms with Crippen LogP contribution in [-0.4, -0.2) is 52.6 Å². The Morgan fingerprint density at radius 3 is 2.24 bits per heavy atom. The van der Waals surface area contributed by atoms with Gasteiger partial charge in [0.15, 0.2) is 0 Å². The fourth-order valence-corrected chi connectivity index (χ4v) is 4.25. The van der Waals surface area contributed by atoms with Gasteiger partial charge in [-0.2, -0.15) is 0 Å². The summed E-state index contributed by atoms with van der Waals surface area (Å²) >= 11 is 0. The van der Waals surface area contributed by atoms with E-state index in [0.717, 1.165) is 35.1 Å². The molecule has 2 rings (SSSR count). The highest BCUT2D eigenvalue weighted by Crippen LogP contribution is 2.27. The summed E-state index contributed by atoms with van der Waals surface area (Å²) in [7, 11) is 0. The average Bonchev–Trinajstić information content (AvgIpc) is 2.82. The fraction of sp³-hybridized carbons (Fsp3) is 0.500. The number of amides is 3. The number of aryl methyl sites for hydroxylation is 2. The first-order valence-electron chi connectivity index (χ1n) is 13.3. The molecule has 0 spiro atoms. The highest BCUT2D eigenvalue weighted by atomic mass is 16.6. The van der Waals surface area contributed by atoms with Crippen LogP contribution < -0.4 is 10.6 Å². The summed E-state index contributed by atoms with van der Waals surface area (Å²) in [4.78, 5) is 41.9. The molecule has 0 saturated carbocycles. The van der Waals surface area contributed by atoms with Gasteiger partial charge in [0.05, 0.1) is 0 Å². The van der Waals surface area contributed by atoms with Gasteiger partial charge in [0.25, 0.3) is 0 Å². The number of carbonyl (C=O) groups is 3. The van der Waals surface area contributed by atoms with Gasteiger partial charge in [0.2, 0.25) is 11.8 Å². The number of phenolic OH excluding ortho intramolecular Hbond substituents is 1. The predicted octanol–water partition coefficient (Wildman–Crippen LogP) is 4.95. The molecule has 0 bridgehead atoms. The maximum atomic E-state index is 14.1. The Morgan fingerprint density at radius 2 is 1.68 bits per heavy atom. The highest BCUT2D eigenvalue weighted by Gasteiger charge is 2.36. The lowest BCUT2D eigenvalue weighted by atomic mass is 9.95. The summed E-state index contributed by atoms with van der Waals surface area (Å²) in [6, 6.07) is 10.4. The number of alkyl carbamates (subject to hydrolysis) is 1. The van der Waals surface area contributed by atoms with Crippen LogP contribution in [0.3, 0.4) is 0 Å². The van der Waals surface area contributed by atoms with Crippen molar-refractivity contribution in [3.63, 3.8) is 0 Å². The van der Waals surface area contributed by atoms with Gasteiger partial charge in [-0.05, 0) is 76.8 Å². The second-order valence-electron chi connectivity index (χ2n) is 10.6. The number of nitrogens with zero attached hydrogens (tertiary/aromatic N) is 1. The molecule has 8 heteroatoms. The number of unbranched alkanes of at least 4 members (excludes halogenated alkanes) is 1. The van der Waals surface area contributed by atoms with E-state index in [-0.39, 0.29) is 24.6 Å². The minimum atomic E-state index is -0.994. The van der Waals surface area contributed by atoms with Crippen LogP contribution in [0.2, 0.25) is 0 Å². The van der Waals surface area contributed by atoms with Crippen molar-refractivity contribution in [2.24, 2.45) is 0 Å². The largest absolute Gasteiger partial charge is 0.508 e. The summed E-state index contributed by atoms with van der Waals surface area (Å²) in [6.45, 7) is 13.8. The Balaban J connectivity index is 2.49. The van der Waals surface area contributed by atoms with Crippen molar-refractivity contribution in [3.05, 3.63) is 64.7 Å². The van der Waals surface area contributed by atoms with Crippen molar-refractivity contribution < 1.29 is 24.2 Å². The summed E-state index contributed by atoms with van der Waals surface area (Å²) in [5, 5.41) is 15.4. The van der Waals surface area contributed by atoms with E-state index in [1.165, 1.54) is 17.0 Å². The first-order valence-corrected chi connectivity index (χ1v) is 13.3. The summed E-state index contributed by atoms with van der Waals surface area (Å²) < 4.78 is 5.44. The molecule has 208 valence electrons. The lowest BCUT2D eigenvalue weighted by Crippen LogP contribution is -2.54. The molecule has 2 aromatic carbocycles. The Hall–Kier alpha value is -3.55. The second-order valence-corrected chi connectivity index (χ2v) is 10.6. The maximum Gasteiger partial charge on any atom is 0.408 e. The third-order valence-corrected chi connectivity index (χ3v) is 6.10. The molecule has 0 aromatic heterocycles. The molecule has 0 heterocycles. The molecule has 3 N–H and O–H groups in total. The molecule has 38 heavy (non-hydrogen) atoms. The predicted molar refractivity (Wildman–Crippen MR) is 149 cm³/mol. The second kappa shape index (κ2) is 13.8. The van der Waals surface area contributed by atoms with Gasteiger partial charge in [-0.25, -0.2) is 4.79 Å². The van der Waals surface area contributed by atoms with Crippen LogP contribution in [-0.2, 0) is 20.7 Å². The Morgan fingerprint density at radius 1 is 1.03 bits per heavy atom. The van der Waals surface area contributed by atoms with Gasteiger partial charge in [-0.3, -0.25) is 9.59 Å². The van der Waals surface area contributed by atoms with Gasteiger partial charge in [0, 0.05) is 19.5 Å². The Kier molecular flexibility index (Phi) is 11.2. The first kappa shape index (κ1) is 30.7. The number of ether oxygens (including phenoxy) is 1. The topological polar surface area (TPSA) is 108 Å². The molecule has 0 radical (unpaired) electrons. The lowest BCUT2D eigenvalue weighted by Gasteiger charge is -2.34. The summed E-state index contributed by atoms with van der Waals surface area (Å²) in [5.41, 5.74) is 2.69. The van der Waals surface area contributed by atoms with Gasteiger partial charge in [-0.15, -0.1) is 0 Å². The minimum absolute atomic E-state index is 0.102. The van der Waals surface area contributed by atoms with Crippen molar-refractivity contribution in [2.75, 3.05) is 13.1 Å². The van der Waals surface area contributed by atoms with Crippen LogP contribution >= 0.6 is 0 Å². The van der Waals surface area contributed by atoms with Gasteiger partial charge in [-0.1, -0.05) is 49.2 Å². The van der Waals surface area contributed by atoms with Gasteiger partial charge < -0.3 is 25.4 Å². The zero-order valence-electron chi connectivity index (χ0n) is 23.8. The number of aromatic hydroxyl groups is 1.